The maximum Gasteiger partial charge on any atom is 0.334 e. The molecule has 2 fully saturated rings. The Balaban J connectivity index is 1.94. The van der Waals surface area contributed by atoms with Gasteiger partial charge in [-0.05, 0) is 40.5 Å². The fourth-order valence-electron chi connectivity index (χ4n) is 3.76. The van der Waals surface area contributed by atoms with Gasteiger partial charge in [0.1, 0.15) is 18.3 Å². The monoisotopic (exact) mass is 346 g/mol. The van der Waals surface area contributed by atoms with E-state index in [1.54, 1.807) is 19.9 Å². The fourth-order valence-corrected chi connectivity index (χ4v) is 3.76. The lowest BCUT2D eigenvalue weighted by Crippen LogP contribution is -2.38. The van der Waals surface area contributed by atoms with E-state index in [0.29, 0.717) is 17.6 Å². The zero-order chi connectivity index (χ0) is 18.4. The first-order valence-electron chi connectivity index (χ1n) is 8.84. The summed E-state index contributed by atoms with van der Waals surface area (Å²) in [6.45, 7) is 11.5. The summed E-state index contributed by atoms with van der Waals surface area (Å²) in [6, 6.07) is 0. The number of ether oxygens (including phenoxy) is 3. The molecule has 25 heavy (non-hydrogen) atoms. The Kier molecular flexibility index (Phi) is 4.62. The van der Waals surface area contributed by atoms with Crippen molar-refractivity contribution in [3.8, 4) is 0 Å². The van der Waals surface area contributed by atoms with Gasteiger partial charge in [0, 0.05) is 17.6 Å². The Hall–Kier alpha value is -1.88. The van der Waals surface area contributed by atoms with E-state index < -0.39 is 18.2 Å². The highest BCUT2D eigenvalue weighted by molar-refractivity contribution is 5.91. The molecular formula is C20H26O5. The summed E-state index contributed by atoms with van der Waals surface area (Å²) >= 11 is 0. The number of hydrogen-bond acceptors (Lipinski definition) is 5. The van der Waals surface area contributed by atoms with Gasteiger partial charge in [0.15, 0.2) is 0 Å². The van der Waals surface area contributed by atoms with Crippen molar-refractivity contribution in [2.24, 2.45) is 5.92 Å². The van der Waals surface area contributed by atoms with Gasteiger partial charge in [-0.3, -0.25) is 0 Å². The molecule has 0 amide bonds. The molecule has 5 atom stereocenters. The normalized spacial score (nSPS) is 40.3. The molecule has 0 aromatic heterocycles. The van der Waals surface area contributed by atoms with Crippen LogP contribution in [0.25, 0.3) is 0 Å². The predicted molar refractivity (Wildman–Crippen MR) is 92.7 cm³/mol. The first-order valence-corrected chi connectivity index (χ1v) is 8.84. The molecule has 0 aromatic rings. The standard InChI is InChI=1S/C20H26O5/c1-6-12(3)18(21)23-14-10-11(2)8-7-9-20(5)17(25-20)16-15(14)13(4)19(22)24-16/h6,8,14-17H,4,7,9-10H2,1-3,5H3/b11-8-,12-6-/t14-,15+,16-,17-,20+/m0/s1. The second-order valence-corrected chi connectivity index (χ2v) is 7.48. The summed E-state index contributed by atoms with van der Waals surface area (Å²) in [6.07, 6.45) is 5.10. The Bertz CT molecular complexity index is 674. The number of carbonyl (C=O) groups is 2. The third kappa shape index (κ3) is 3.30. The van der Waals surface area contributed by atoms with Crippen LogP contribution in [0.2, 0.25) is 0 Å². The van der Waals surface area contributed by atoms with Crippen LogP contribution in [0.1, 0.15) is 47.0 Å². The van der Waals surface area contributed by atoms with E-state index in [-0.39, 0.29) is 23.6 Å². The minimum atomic E-state index is -0.492. The number of epoxide rings is 1. The van der Waals surface area contributed by atoms with E-state index >= 15 is 0 Å². The van der Waals surface area contributed by atoms with Gasteiger partial charge in [0.05, 0.1) is 11.5 Å². The van der Waals surface area contributed by atoms with Crippen LogP contribution in [0.15, 0.2) is 35.5 Å². The first-order chi connectivity index (χ1) is 11.8. The highest BCUT2D eigenvalue weighted by atomic mass is 16.6. The summed E-state index contributed by atoms with van der Waals surface area (Å²) < 4.78 is 17.3. The minimum Gasteiger partial charge on any atom is -0.458 e. The van der Waals surface area contributed by atoms with E-state index in [4.69, 9.17) is 14.2 Å². The van der Waals surface area contributed by atoms with E-state index in [2.05, 4.69) is 12.7 Å². The Morgan fingerprint density at radius 2 is 2.20 bits per heavy atom. The number of esters is 2. The molecule has 2 heterocycles. The maximum absolute atomic E-state index is 12.3. The Morgan fingerprint density at radius 1 is 1.48 bits per heavy atom. The summed E-state index contributed by atoms with van der Waals surface area (Å²) in [5.74, 6) is -1.17. The van der Waals surface area contributed by atoms with Crippen LogP contribution in [0, 0.1) is 5.92 Å². The summed E-state index contributed by atoms with van der Waals surface area (Å²) in [5, 5.41) is 0. The zero-order valence-electron chi connectivity index (χ0n) is 15.3. The molecule has 0 spiro atoms. The summed E-state index contributed by atoms with van der Waals surface area (Å²) in [5.41, 5.74) is 1.74. The number of fused-ring (bicyclic) bond motifs is 3. The van der Waals surface area contributed by atoms with Gasteiger partial charge in [-0.2, -0.15) is 0 Å². The Morgan fingerprint density at radius 3 is 2.88 bits per heavy atom. The fraction of sp³-hybridized carbons (Fsp3) is 0.600. The highest BCUT2D eigenvalue weighted by Gasteiger charge is 2.63. The van der Waals surface area contributed by atoms with Crippen LogP contribution >= 0.6 is 0 Å². The molecule has 1 aliphatic carbocycles. The van der Waals surface area contributed by atoms with Gasteiger partial charge in [-0.25, -0.2) is 9.59 Å². The molecule has 2 saturated heterocycles. The third-order valence-corrected chi connectivity index (χ3v) is 5.57. The van der Waals surface area contributed by atoms with Crippen LogP contribution < -0.4 is 0 Å². The average Bonchev–Trinajstić information content (AvgIpc) is 3.13. The summed E-state index contributed by atoms with van der Waals surface area (Å²) in [7, 11) is 0. The first kappa shape index (κ1) is 17.9. The second-order valence-electron chi connectivity index (χ2n) is 7.48. The number of allylic oxidation sites excluding steroid dienone is 2. The molecule has 0 saturated carbocycles. The SMILES string of the molecule is C=C1C(=O)O[C@H]2[C@H]1[C@@H](OC(=O)/C(C)=C\C)C/C(C)=C\CC[C@@]1(C)O[C@@H]21. The molecule has 0 aromatic carbocycles. The van der Waals surface area contributed by atoms with Crippen molar-refractivity contribution < 1.29 is 23.8 Å². The number of rotatable bonds is 2. The predicted octanol–water partition coefficient (Wildman–Crippen LogP) is 3.25. The van der Waals surface area contributed by atoms with Crippen LogP contribution in [0.3, 0.4) is 0 Å². The molecule has 0 N–H and O–H groups in total. The molecular weight excluding hydrogens is 320 g/mol. The van der Waals surface area contributed by atoms with E-state index in [9.17, 15) is 9.59 Å². The van der Waals surface area contributed by atoms with Gasteiger partial charge < -0.3 is 14.2 Å². The van der Waals surface area contributed by atoms with Gasteiger partial charge in [-0.15, -0.1) is 0 Å². The summed E-state index contributed by atoms with van der Waals surface area (Å²) in [4.78, 5) is 24.5. The van der Waals surface area contributed by atoms with Crippen LogP contribution in [-0.2, 0) is 23.8 Å². The quantitative estimate of drug-likeness (QED) is 0.332. The van der Waals surface area contributed by atoms with Crippen molar-refractivity contribution in [1.82, 2.24) is 0 Å². The van der Waals surface area contributed by atoms with Crippen molar-refractivity contribution in [2.75, 3.05) is 0 Å². The van der Waals surface area contributed by atoms with Crippen LogP contribution in [0.4, 0.5) is 0 Å². The lowest BCUT2D eigenvalue weighted by Gasteiger charge is -2.28. The largest absolute Gasteiger partial charge is 0.458 e. The maximum atomic E-state index is 12.3. The smallest absolute Gasteiger partial charge is 0.334 e. The van der Waals surface area contributed by atoms with E-state index in [1.165, 1.54) is 0 Å². The minimum absolute atomic E-state index is 0.170. The highest BCUT2D eigenvalue weighted by Crippen LogP contribution is 2.50. The Labute approximate surface area is 148 Å². The molecule has 0 radical (unpaired) electrons. The van der Waals surface area contributed by atoms with Crippen molar-refractivity contribution in [3.05, 3.63) is 35.5 Å². The van der Waals surface area contributed by atoms with E-state index in [0.717, 1.165) is 18.4 Å². The van der Waals surface area contributed by atoms with Crippen molar-refractivity contribution >= 4 is 11.9 Å². The average molecular weight is 346 g/mol. The third-order valence-electron chi connectivity index (χ3n) is 5.57. The molecule has 0 bridgehead atoms. The molecule has 3 rings (SSSR count). The molecule has 0 unspecified atom stereocenters. The van der Waals surface area contributed by atoms with E-state index in [1.807, 2.05) is 13.8 Å². The van der Waals surface area contributed by atoms with Crippen LogP contribution in [0.5, 0.6) is 0 Å². The van der Waals surface area contributed by atoms with Gasteiger partial charge >= 0.3 is 11.9 Å². The lowest BCUT2D eigenvalue weighted by atomic mass is 9.82. The number of hydrogen-bond donors (Lipinski definition) is 0. The number of carbonyl (C=O) groups excluding carboxylic acids is 2. The molecule has 2 aliphatic heterocycles. The van der Waals surface area contributed by atoms with Gasteiger partial charge in [-0.1, -0.05) is 24.3 Å². The molecule has 3 aliphatic rings. The van der Waals surface area contributed by atoms with Crippen molar-refractivity contribution in [2.45, 2.75) is 70.9 Å². The lowest BCUT2D eigenvalue weighted by molar-refractivity contribution is -0.148. The van der Waals surface area contributed by atoms with Crippen molar-refractivity contribution in [3.63, 3.8) is 0 Å². The second kappa shape index (κ2) is 6.45. The van der Waals surface area contributed by atoms with Gasteiger partial charge in [0.2, 0.25) is 0 Å². The van der Waals surface area contributed by atoms with Crippen LogP contribution in [-0.4, -0.2) is 35.9 Å². The topological polar surface area (TPSA) is 65.1 Å². The molecule has 5 nitrogen and oxygen atoms in total. The molecule has 136 valence electrons. The van der Waals surface area contributed by atoms with Crippen molar-refractivity contribution in [1.29, 1.82) is 0 Å². The molecule has 5 heteroatoms. The zero-order valence-corrected chi connectivity index (χ0v) is 15.3. The van der Waals surface area contributed by atoms with Gasteiger partial charge in [0.25, 0.3) is 0 Å².